The number of nitrogens with zero attached hydrogens (tertiary/aromatic N) is 6. The fourth-order valence-electron chi connectivity index (χ4n) is 5.28. The fraction of sp³-hybridized carbons (Fsp3) is 0.444. The van der Waals surface area contributed by atoms with Gasteiger partial charge in [-0.1, -0.05) is 23.7 Å². The van der Waals surface area contributed by atoms with Crippen LogP contribution in [0.25, 0.3) is 0 Å². The maximum absolute atomic E-state index is 14.3. The molecule has 2 saturated heterocycles. The summed E-state index contributed by atoms with van der Waals surface area (Å²) in [5.74, 6) is -5.59. The van der Waals surface area contributed by atoms with E-state index in [9.17, 15) is 32.7 Å². The Hall–Kier alpha value is -3.69. The van der Waals surface area contributed by atoms with E-state index in [1.165, 1.54) is 29.4 Å². The Labute approximate surface area is 253 Å². The van der Waals surface area contributed by atoms with Gasteiger partial charge in [-0.3, -0.25) is 14.5 Å². The van der Waals surface area contributed by atoms with Crippen LogP contribution in [0.15, 0.2) is 36.4 Å². The highest BCUT2D eigenvalue weighted by Gasteiger charge is 2.53. The SMILES string of the molecule is COc1ccccc1C(=O)n1nc(C2CN(C(=O)N3CCC(O)C3)C(=O)CC2C(F)(F)F)nc1N(C)Cc1ccc(Cl)s1. The number of aromatic nitrogens is 3. The molecule has 3 atom stereocenters. The lowest BCUT2D eigenvalue weighted by atomic mass is 9.84. The van der Waals surface area contributed by atoms with Crippen LogP contribution in [0.5, 0.6) is 5.75 Å². The Morgan fingerprint density at radius 2 is 1.95 bits per heavy atom. The third kappa shape index (κ3) is 6.33. The predicted molar refractivity (Wildman–Crippen MR) is 150 cm³/mol. The Morgan fingerprint density at radius 1 is 1.21 bits per heavy atom. The lowest BCUT2D eigenvalue weighted by molar-refractivity contribution is -0.193. The van der Waals surface area contributed by atoms with E-state index in [1.54, 1.807) is 42.3 Å². The van der Waals surface area contributed by atoms with Crippen molar-refractivity contribution in [2.45, 2.75) is 37.6 Å². The molecule has 2 aliphatic rings. The van der Waals surface area contributed by atoms with Crippen LogP contribution >= 0.6 is 22.9 Å². The number of thiophene rings is 1. The number of hydrogen-bond acceptors (Lipinski definition) is 9. The van der Waals surface area contributed by atoms with Crippen molar-refractivity contribution < 1.29 is 37.4 Å². The summed E-state index contributed by atoms with van der Waals surface area (Å²) in [5, 5.41) is 14.1. The van der Waals surface area contributed by atoms with Crippen molar-refractivity contribution in [2.75, 3.05) is 38.7 Å². The van der Waals surface area contributed by atoms with E-state index in [0.29, 0.717) is 10.8 Å². The summed E-state index contributed by atoms with van der Waals surface area (Å²) in [6, 6.07) is 9.01. The first-order valence-electron chi connectivity index (χ1n) is 13.3. The van der Waals surface area contributed by atoms with Crippen LogP contribution in [-0.4, -0.2) is 93.6 Å². The summed E-state index contributed by atoms with van der Waals surface area (Å²) >= 11 is 7.36. The number of imide groups is 1. The van der Waals surface area contributed by atoms with Crippen molar-refractivity contribution in [1.29, 1.82) is 0 Å². The highest BCUT2D eigenvalue weighted by Crippen LogP contribution is 2.43. The summed E-state index contributed by atoms with van der Waals surface area (Å²) < 4.78 is 49.8. The molecule has 11 nitrogen and oxygen atoms in total. The summed E-state index contributed by atoms with van der Waals surface area (Å²) in [5.41, 5.74) is 0.103. The molecule has 3 unspecified atom stereocenters. The summed E-state index contributed by atoms with van der Waals surface area (Å²) in [7, 11) is 2.98. The third-order valence-electron chi connectivity index (χ3n) is 7.48. The minimum absolute atomic E-state index is 0.0298. The number of rotatable bonds is 6. The molecule has 0 radical (unpaired) electrons. The molecule has 0 aliphatic carbocycles. The lowest BCUT2D eigenvalue weighted by Crippen LogP contribution is -2.53. The molecule has 3 aromatic rings. The first kappa shape index (κ1) is 30.8. The summed E-state index contributed by atoms with van der Waals surface area (Å²) in [6.45, 7) is -0.301. The topological polar surface area (TPSA) is 121 Å². The van der Waals surface area contributed by atoms with Gasteiger partial charge in [0, 0.05) is 38.0 Å². The van der Waals surface area contributed by atoms with Gasteiger partial charge in [-0.2, -0.15) is 22.8 Å². The molecule has 0 bridgehead atoms. The van der Waals surface area contributed by atoms with Gasteiger partial charge in [-0.15, -0.1) is 16.4 Å². The van der Waals surface area contributed by atoms with Crippen LogP contribution in [0, 0.1) is 5.92 Å². The molecular weight excluding hydrogens is 613 g/mol. The van der Waals surface area contributed by atoms with Crippen molar-refractivity contribution in [3.8, 4) is 5.75 Å². The quantitative estimate of drug-likeness (QED) is 0.429. The lowest BCUT2D eigenvalue weighted by Gasteiger charge is -2.38. The van der Waals surface area contributed by atoms with Gasteiger partial charge in [-0.25, -0.2) is 4.79 Å². The molecule has 5 rings (SSSR count). The molecule has 3 amide bonds. The van der Waals surface area contributed by atoms with Crippen LogP contribution in [0.2, 0.25) is 4.34 Å². The molecule has 1 aromatic carbocycles. The molecule has 1 N–H and O–H groups in total. The van der Waals surface area contributed by atoms with Gasteiger partial charge in [0.15, 0.2) is 5.82 Å². The zero-order valence-corrected chi connectivity index (χ0v) is 24.7. The molecule has 230 valence electrons. The number of urea groups is 1. The van der Waals surface area contributed by atoms with Crippen molar-refractivity contribution >= 4 is 46.7 Å². The summed E-state index contributed by atoms with van der Waals surface area (Å²) in [6.07, 6.45) is -6.30. The van der Waals surface area contributed by atoms with Gasteiger partial charge in [-0.05, 0) is 30.7 Å². The first-order chi connectivity index (χ1) is 20.4. The van der Waals surface area contributed by atoms with Crippen LogP contribution in [-0.2, 0) is 11.3 Å². The number of aliphatic hydroxyl groups is 1. The molecule has 16 heteroatoms. The number of likely N-dealkylation sites (tertiary alicyclic amines) is 2. The number of β-amino-alcohol motifs (C(OH)–C–C–N with tert-alkyl or cyclic N) is 1. The molecule has 2 aromatic heterocycles. The number of benzene rings is 1. The number of carbonyl (C=O) groups excluding carboxylic acids is 3. The molecular formula is C27H28ClF3N6O5S. The van der Waals surface area contributed by atoms with E-state index in [4.69, 9.17) is 16.3 Å². The van der Waals surface area contributed by atoms with Gasteiger partial charge in [0.25, 0.3) is 5.91 Å². The second-order valence-corrected chi connectivity index (χ2v) is 12.2. The van der Waals surface area contributed by atoms with Gasteiger partial charge in [0.05, 0.1) is 41.5 Å². The average Bonchev–Trinajstić information content (AvgIpc) is 3.71. The van der Waals surface area contributed by atoms with Crippen LogP contribution < -0.4 is 9.64 Å². The van der Waals surface area contributed by atoms with Gasteiger partial charge >= 0.3 is 12.2 Å². The largest absolute Gasteiger partial charge is 0.496 e. The number of aliphatic hydroxyl groups excluding tert-OH is 1. The Balaban J connectivity index is 1.56. The van der Waals surface area contributed by atoms with Crippen LogP contribution in [0.3, 0.4) is 0 Å². The minimum Gasteiger partial charge on any atom is -0.496 e. The highest BCUT2D eigenvalue weighted by molar-refractivity contribution is 7.16. The van der Waals surface area contributed by atoms with E-state index in [1.807, 2.05) is 0 Å². The average molecular weight is 641 g/mol. The number of methoxy groups -OCH3 is 1. The maximum atomic E-state index is 14.3. The van der Waals surface area contributed by atoms with Crippen molar-refractivity contribution in [1.82, 2.24) is 24.6 Å². The molecule has 2 aliphatic heterocycles. The minimum atomic E-state index is -4.82. The standard InChI is InChI=1S/C27H28ClF3N6O5S/c1-34(13-16-7-8-21(28)43-16)25-32-23(33-37(25)24(40)17-5-3-4-6-20(17)42-2)18-14-36(22(39)11-19(18)27(29,30)31)26(41)35-10-9-15(38)12-35/h3-8,15,18-19,38H,9-14H2,1-2H3. The van der Waals surface area contributed by atoms with E-state index in [0.717, 1.165) is 14.5 Å². The molecule has 43 heavy (non-hydrogen) atoms. The number of alkyl halides is 3. The van der Waals surface area contributed by atoms with Crippen LogP contribution in [0.4, 0.5) is 23.9 Å². The van der Waals surface area contributed by atoms with Crippen molar-refractivity contribution in [3.05, 3.63) is 57.0 Å². The first-order valence-corrected chi connectivity index (χ1v) is 14.5. The number of anilines is 1. The van der Waals surface area contributed by atoms with Gasteiger partial charge < -0.3 is 19.6 Å². The number of carbonyl (C=O) groups is 3. The third-order valence-corrected chi connectivity index (χ3v) is 8.69. The molecule has 0 spiro atoms. The predicted octanol–water partition coefficient (Wildman–Crippen LogP) is 4.01. The van der Waals surface area contributed by atoms with Gasteiger partial charge in [0.2, 0.25) is 11.9 Å². The second-order valence-electron chi connectivity index (χ2n) is 10.4. The van der Waals surface area contributed by atoms with E-state index in [-0.39, 0.29) is 42.7 Å². The number of hydrogen-bond donors (Lipinski definition) is 1. The molecule has 0 saturated carbocycles. The number of piperidine rings is 1. The fourth-order valence-corrected chi connectivity index (χ4v) is 6.42. The van der Waals surface area contributed by atoms with E-state index >= 15 is 0 Å². The number of amides is 3. The maximum Gasteiger partial charge on any atom is 0.393 e. The van der Waals surface area contributed by atoms with Crippen molar-refractivity contribution in [3.63, 3.8) is 0 Å². The Morgan fingerprint density at radius 3 is 2.58 bits per heavy atom. The number of para-hydroxylation sites is 1. The van der Waals surface area contributed by atoms with Crippen LogP contribution in [0.1, 0.15) is 39.8 Å². The van der Waals surface area contributed by atoms with Gasteiger partial charge in [0.1, 0.15) is 5.75 Å². The van der Waals surface area contributed by atoms with Crippen molar-refractivity contribution in [2.24, 2.45) is 5.92 Å². The second kappa shape index (κ2) is 12.1. The Kier molecular flexibility index (Phi) is 8.68. The van der Waals surface area contributed by atoms with E-state index < -0.39 is 54.9 Å². The molecule has 4 heterocycles. The zero-order valence-electron chi connectivity index (χ0n) is 23.1. The Bertz CT molecular complexity index is 1530. The number of ether oxygens (including phenoxy) is 1. The monoisotopic (exact) mass is 640 g/mol. The zero-order chi connectivity index (χ0) is 31.1. The normalized spacial score (nSPS) is 20.9. The highest BCUT2D eigenvalue weighted by atomic mass is 35.5. The smallest absolute Gasteiger partial charge is 0.393 e. The van der Waals surface area contributed by atoms with E-state index in [2.05, 4.69) is 10.1 Å². The molecule has 2 fully saturated rings. The summed E-state index contributed by atoms with van der Waals surface area (Å²) in [4.78, 5) is 48.5. The number of halogens is 4.